The van der Waals surface area contributed by atoms with E-state index in [-0.39, 0.29) is 24.3 Å². The largest absolute Gasteiger partial charge is 0.457 e. The van der Waals surface area contributed by atoms with Crippen LogP contribution in [-0.2, 0) is 18.7 Å². The summed E-state index contributed by atoms with van der Waals surface area (Å²) in [5.41, 5.74) is -0.784. The molecule has 4 atom stereocenters. The monoisotopic (exact) mass is 286 g/mol. The minimum Gasteiger partial charge on any atom is -0.457 e. The van der Waals surface area contributed by atoms with Crippen LogP contribution in [0.2, 0.25) is 19.6 Å². The Bertz CT molecular complexity index is 352. The Morgan fingerprint density at radius 3 is 2.47 bits per heavy atom. The molecule has 0 bridgehead atoms. The predicted molar refractivity (Wildman–Crippen MR) is 75.5 cm³/mol. The first-order valence-electron chi connectivity index (χ1n) is 7.38. The summed E-state index contributed by atoms with van der Waals surface area (Å²) in [4.78, 5) is 12.1. The van der Waals surface area contributed by atoms with E-state index in [2.05, 4.69) is 26.6 Å². The third-order valence-corrected chi connectivity index (χ3v) is 4.76. The van der Waals surface area contributed by atoms with E-state index in [1.54, 1.807) is 0 Å². The van der Waals surface area contributed by atoms with Crippen LogP contribution in [0.5, 0.6) is 0 Å². The predicted octanol–water partition coefficient (Wildman–Crippen LogP) is 2.87. The van der Waals surface area contributed by atoms with Crippen LogP contribution in [0, 0.1) is 0 Å². The minimum absolute atomic E-state index is 0.0945. The van der Waals surface area contributed by atoms with Crippen molar-refractivity contribution < 1.29 is 18.7 Å². The van der Waals surface area contributed by atoms with Crippen LogP contribution in [0.1, 0.15) is 39.5 Å². The van der Waals surface area contributed by atoms with E-state index in [1.165, 1.54) is 0 Å². The summed E-state index contributed by atoms with van der Waals surface area (Å²) in [7, 11) is -1.71. The standard InChI is InChI=1S/C14H26O4Si/c1-6-7-8-9-11(18-19(3,4)5)14-12(17-14)10(2)16-13(14)15/h10-12H,6-9H2,1-5H3/t10-,11?,12-,14-/m0/s1. The van der Waals surface area contributed by atoms with Gasteiger partial charge in [-0.05, 0) is 33.0 Å². The Balaban J connectivity index is 2.07. The highest BCUT2D eigenvalue weighted by atomic mass is 28.4. The maximum Gasteiger partial charge on any atom is 0.344 e. The van der Waals surface area contributed by atoms with Gasteiger partial charge in [0.25, 0.3) is 0 Å². The van der Waals surface area contributed by atoms with Crippen LogP contribution < -0.4 is 0 Å². The van der Waals surface area contributed by atoms with Crippen LogP contribution in [0.25, 0.3) is 0 Å². The Morgan fingerprint density at radius 2 is 2.05 bits per heavy atom. The highest BCUT2D eigenvalue weighted by Gasteiger charge is 2.75. The third kappa shape index (κ3) is 2.88. The molecule has 2 fully saturated rings. The number of hydrogen-bond acceptors (Lipinski definition) is 4. The van der Waals surface area contributed by atoms with E-state index in [9.17, 15) is 4.79 Å². The summed E-state index contributed by atoms with van der Waals surface area (Å²) in [5, 5.41) is 0. The summed E-state index contributed by atoms with van der Waals surface area (Å²) in [6.07, 6.45) is 3.93. The molecule has 1 unspecified atom stereocenters. The topological polar surface area (TPSA) is 48.1 Å². The highest BCUT2D eigenvalue weighted by molar-refractivity contribution is 6.69. The number of epoxide rings is 1. The van der Waals surface area contributed by atoms with Crippen LogP contribution in [0.3, 0.4) is 0 Å². The molecule has 0 spiro atoms. The summed E-state index contributed by atoms with van der Waals surface area (Å²) >= 11 is 0. The fourth-order valence-electron chi connectivity index (χ4n) is 2.87. The van der Waals surface area contributed by atoms with Gasteiger partial charge in [-0.25, -0.2) is 4.79 Å². The first-order chi connectivity index (χ1) is 8.81. The van der Waals surface area contributed by atoms with Gasteiger partial charge >= 0.3 is 5.97 Å². The number of esters is 1. The fourth-order valence-corrected chi connectivity index (χ4v) is 4.01. The van der Waals surface area contributed by atoms with Gasteiger partial charge in [-0.15, -0.1) is 0 Å². The van der Waals surface area contributed by atoms with Gasteiger partial charge in [0.2, 0.25) is 5.60 Å². The Hall–Kier alpha value is -0.393. The van der Waals surface area contributed by atoms with Gasteiger partial charge < -0.3 is 13.9 Å². The van der Waals surface area contributed by atoms with Crippen LogP contribution in [0.4, 0.5) is 0 Å². The number of rotatable bonds is 7. The zero-order valence-corrected chi connectivity index (χ0v) is 13.7. The van der Waals surface area contributed by atoms with Gasteiger partial charge in [-0.2, -0.15) is 0 Å². The van der Waals surface area contributed by atoms with Crippen molar-refractivity contribution in [3.8, 4) is 0 Å². The Labute approximate surface area is 116 Å². The van der Waals surface area contributed by atoms with E-state index in [4.69, 9.17) is 13.9 Å². The molecule has 0 aromatic heterocycles. The van der Waals surface area contributed by atoms with E-state index in [0.29, 0.717) is 0 Å². The van der Waals surface area contributed by atoms with E-state index in [0.717, 1.165) is 25.7 Å². The second-order valence-corrected chi connectivity index (χ2v) is 11.1. The van der Waals surface area contributed by atoms with Crippen molar-refractivity contribution >= 4 is 14.3 Å². The van der Waals surface area contributed by atoms with Crippen molar-refractivity contribution in [2.45, 2.75) is 83.1 Å². The Morgan fingerprint density at radius 1 is 1.37 bits per heavy atom. The average Bonchev–Trinajstić information content (AvgIpc) is 2.97. The number of unbranched alkanes of at least 4 members (excludes halogenated alkanes) is 2. The van der Waals surface area contributed by atoms with Crippen molar-refractivity contribution in [1.29, 1.82) is 0 Å². The van der Waals surface area contributed by atoms with Crippen LogP contribution in [-0.4, -0.2) is 38.2 Å². The third-order valence-electron chi connectivity index (χ3n) is 3.77. The summed E-state index contributed by atoms with van der Waals surface area (Å²) in [6.45, 7) is 10.5. The van der Waals surface area contributed by atoms with E-state index < -0.39 is 13.9 Å². The van der Waals surface area contributed by atoms with Crippen LogP contribution >= 0.6 is 0 Å². The molecule has 2 aliphatic heterocycles. The number of cyclic esters (lactones) is 1. The average molecular weight is 286 g/mol. The maximum absolute atomic E-state index is 12.1. The molecule has 2 rings (SSSR count). The first kappa shape index (κ1) is 15.0. The van der Waals surface area contributed by atoms with Gasteiger partial charge in [0.15, 0.2) is 8.32 Å². The Kier molecular flexibility index (Phi) is 4.09. The maximum atomic E-state index is 12.1. The number of hydrogen-bond donors (Lipinski definition) is 0. The van der Waals surface area contributed by atoms with Crippen molar-refractivity contribution in [2.75, 3.05) is 0 Å². The molecule has 0 radical (unpaired) electrons. The molecule has 2 heterocycles. The van der Waals surface area contributed by atoms with Gasteiger partial charge in [-0.1, -0.05) is 26.2 Å². The molecule has 2 saturated heterocycles. The normalized spacial score (nSPS) is 34.9. The molecule has 0 N–H and O–H groups in total. The minimum atomic E-state index is -1.71. The van der Waals surface area contributed by atoms with Crippen molar-refractivity contribution in [2.24, 2.45) is 0 Å². The van der Waals surface area contributed by atoms with Gasteiger partial charge in [-0.3, -0.25) is 0 Å². The van der Waals surface area contributed by atoms with Crippen molar-refractivity contribution in [3.63, 3.8) is 0 Å². The van der Waals surface area contributed by atoms with Gasteiger partial charge in [0.1, 0.15) is 12.2 Å². The van der Waals surface area contributed by atoms with Crippen molar-refractivity contribution in [3.05, 3.63) is 0 Å². The molecular formula is C14H26O4Si. The molecule has 0 amide bonds. The fraction of sp³-hybridized carbons (Fsp3) is 0.929. The highest BCUT2D eigenvalue weighted by Crippen LogP contribution is 2.51. The number of fused-ring (bicyclic) bond motifs is 1. The lowest BCUT2D eigenvalue weighted by molar-refractivity contribution is -0.156. The van der Waals surface area contributed by atoms with Gasteiger partial charge in [0, 0.05) is 0 Å². The lowest BCUT2D eigenvalue weighted by Gasteiger charge is -2.28. The summed E-state index contributed by atoms with van der Waals surface area (Å²) in [5.74, 6) is -0.218. The summed E-state index contributed by atoms with van der Waals surface area (Å²) < 4.78 is 17.3. The second-order valence-electron chi connectivity index (χ2n) is 6.66. The molecule has 0 aliphatic carbocycles. The molecule has 4 nitrogen and oxygen atoms in total. The van der Waals surface area contributed by atoms with E-state index >= 15 is 0 Å². The quantitative estimate of drug-likeness (QED) is 0.312. The molecule has 110 valence electrons. The zero-order valence-electron chi connectivity index (χ0n) is 12.7. The number of ether oxygens (including phenoxy) is 2. The lowest BCUT2D eigenvalue weighted by Crippen LogP contribution is -2.45. The van der Waals surface area contributed by atoms with E-state index in [1.807, 2.05) is 6.92 Å². The first-order valence-corrected chi connectivity index (χ1v) is 10.8. The molecular weight excluding hydrogens is 260 g/mol. The number of carbonyl (C=O) groups is 1. The second kappa shape index (κ2) is 5.18. The molecule has 0 saturated carbocycles. The van der Waals surface area contributed by atoms with Crippen LogP contribution in [0.15, 0.2) is 0 Å². The zero-order chi connectivity index (χ0) is 14.3. The lowest BCUT2D eigenvalue weighted by atomic mass is 9.94. The smallest absolute Gasteiger partial charge is 0.344 e. The SMILES string of the molecule is CCCCCC(O[Si](C)(C)C)[C@]12O[C@H]1[C@H](C)OC2=O. The molecule has 19 heavy (non-hydrogen) atoms. The molecule has 5 heteroatoms. The molecule has 2 aliphatic rings. The number of carbonyl (C=O) groups excluding carboxylic acids is 1. The molecule has 0 aromatic rings. The summed E-state index contributed by atoms with van der Waals surface area (Å²) in [6, 6.07) is 0. The van der Waals surface area contributed by atoms with Gasteiger partial charge in [0.05, 0.1) is 6.10 Å². The van der Waals surface area contributed by atoms with Crippen molar-refractivity contribution in [1.82, 2.24) is 0 Å². The molecule has 0 aromatic carbocycles.